The summed E-state index contributed by atoms with van der Waals surface area (Å²) < 4.78 is 10.9. The first-order valence-corrected chi connectivity index (χ1v) is 9.19. The molecule has 0 rings (SSSR count). The van der Waals surface area contributed by atoms with Gasteiger partial charge in [0.2, 0.25) is 0 Å². The molecule has 0 saturated heterocycles. The van der Waals surface area contributed by atoms with Crippen molar-refractivity contribution >= 4 is 14.4 Å². The predicted molar refractivity (Wildman–Crippen MR) is 77.3 cm³/mol. The number of hydrogen-bond donors (Lipinski definition) is 1. The normalized spacial score (nSPS) is 13.9. The highest BCUT2D eigenvalue weighted by Gasteiger charge is 2.37. The molecule has 0 aromatic rings. The molecule has 0 aromatic carbocycles. The van der Waals surface area contributed by atoms with Gasteiger partial charge in [0.15, 0.2) is 8.32 Å². The van der Waals surface area contributed by atoms with Crippen molar-refractivity contribution in [2.24, 2.45) is 0 Å². The summed E-state index contributed by atoms with van der Waals surface area (Å²) >= 11 is 0. The number of hydrogen-bond acceptors (Lipinski definition) is 3. The van der Waals surface area contributed by atoms with Gasteiger partial charge in [-0.05, 0) is 25.1 Å². The lowest BCUT2D eigenvalue weighted by atomic mass is 10.2. The summed E-state index contributed by atoms with van der Waals surface area (Å²) in [7, 11) is -1.75. The smallest absolute Gasteiger partial charge is 0.407 e. The van der Waals surface area contributed by atoms with Crippen LogP contribution in [0.5, 0.6) is 0 Å². The molecule has 0 aliphatic rings. The average molecular weight is 273 g/mol. The van der Waals surface area contributed by atoms with E-state index in [0.717, 1.165) is 0 Å². The second-order valence-corrected chi connectivity index (χ2v) is 10.8. The highest BCUT2D eigenvalue weighted by atomic mass is 28.4. The van der Waals surface area contributed by atoms with Gasteiger partial charge in [0.05, 0.1) is 12.6 Å². The van der Waals surface area contributed by atoms with Crippen molar-refractivity contribution in [1.29, 1.82) is 0 Å². The molecule has 1 amide bonds. The zero-order chi connectivity index (χ0) is 14.4. The van der Waals surface area contributed by atoms with Gasteiger partial charge in [-0.25, -0.2) is 4.79 Å². The van der Waals surface area contributed by atoms with Crippen LogP contribution in [0.1, 0.15) is 27.7 Å². The molecule has 0 heterocycles. The number of ether oxygens (including phenoxy) is 1. The van der Waals surface area contributed by atoms with Crippen molar-refractivity contribution in [3.63, 3.8) is 0 Å². The van der Waals surface area contributed by atoms with Gasteiger partial charge >= 0.3 is 6.09 Å². The van der Waals surface area contributed by atoms with E-state index in [1.54, 1.807) is 0 Å². The molecule has 0 bridgehead atoms. The minimum atomic E-state index is -1.75. The number of nitrogens with one attached hydrogen (secondary N) is 1. The first-order chi connectivity index (χ1) is 8.10. The molecule has 0 saturated carbocycles. The van der Waals surface area contributed by atoms with E-state index < -0.39 is 14.4 Å². The van der Waals surface area contributed by atoms with Crippen LogP contribution in [0.3, 0.4) is 0 Å². The first-order valence-electron chi connectivity index (χ1n) is 6.28. The molecule has 1 atom stereocenters. The van der Waals surface area contributed by atoms with E-state index >= 15 is 0 Å². The van der Waals surface area contributed by atoms with Crippen LogP contribution < -0.4 is 5.32 Å². The fraction of sp³-hybridized carbons (Fsp3) is 0.769. The Morgan fingerprint density at radius 1 is 1.44 bits per heavy atom. The molecule has 0 aromatic heterocycles. The largest absolute Gasteiger partial charge is 0.445 e. The highest BCUT2D eigenvalue weighted by molar-refractivity contribution is 6.74. The molecule has 0 aliphatic heterocycles. The van der Waals surface area contributed by atoms with E-state index in [1.807, 2.05) is 6.92 Å². The van der Waals surface area contributed by atoms with E-state index in [-0.39, 0.29) is 17.7 Å². The van der Waals surface area contributed by atoms with Gasteiger partial charge in [-0.3, -0.25) is 0 Å². The van der Waals surface area contributed by atoms with Crippen molar-refractivity contribution < 1.29 is 14.0 Å². The molecular formula is C13H27NO3Si. The van der Waals surface area contributed by atoms with Crippen molar-refractivity contribution in [1.82, 2.24) is 5.32 Å². The quantitative estimate of drug-likeness (QED) is 0.596. The van der Waals surface area contributed by atoms with E-state index in [4.69, 9.17) is 9.16 Å². The van der Waals surface area contributed by atoms with Crippen LogP contribution in [-0.2, 0) is 9.16 Å². The molecule has 0 unspecified atom stereocenters. The number of carbonyl (C=O) groups is 1. The maximum atomic E-state index is 11.3. The Bertz CT molecular complexity index is 284. The summed E-state index contributed by atoms with van der Waals surface area (Å²) in [6, 6.07) is -0.0589. The van der Waals surface area contributed by atoms with Gasteiger partial charge in [0, 0.05) is 0 Å². The molecule has 0 radical (unpaired) electrons. The zero-order valence-corrected chi connectivity index (χ0v) is 13.5. The van der Waals surface area contributed by atoms with Crippen molar-refractivity contribution in [3.8, 4) is 0 Å². The summed E-state index contributed by atoms with van der Waals surface area (Å²) in [5.74, 6) is 0. The van der Waals surface area contributed by atoms with Crippen LogP contribution in [0, 0.1) is 0 Å². The molecular weight excluding hydrogens is 246 g/mol. The van der Waals surface area contributed by atoms with Crippen molar-refractivity contribution in [2.75, 3.05) is 13.2 Å². The fourth-order valence-corrected chi connectivity index (χ4v) is 2.07. The lowest BCUT2D eigenvalue weighted by Crippen LogP contribution is -2.45. The van der Waals surface area contributed by atoms with Gasteiger partial charge in [0.1, 0.15) is 6.61 Å². The van der Waals surface area contributed by atoms with Crippen LogP contribution in [0.25, 0.3) is 0 Å². The molecule has 1 N–H and O–H groups in total. The van der Waals surface area contributed by atoms with Crippen LogP contribution in [-0.4, -0.2) is 33.7 Å². The standard InChI is InChI=1S/C13H27NO3Si/c1-8-9-16-12(15)14-11(2)10-17-18(6,7)13(3,4)5/h8,11H,1,9-10H2,2-7H3,(H,14,15)/t11-/m1/s1. The van der Waals surface area contributed by atoms with Gasteiger partial charge in [-0.2, -0.15) is 0 Å². The third kappa shape index (κ3) is 6.21. The average Bonchev–Trinajstić information content (AvgIpc) is 2.22. The first kappa shape index (κ1) is 17.2. The van der Waals surface area contributed by atoms with Gasteiger partial charge in [-0.15, -0.1) is 0 Å². The van der Waals surface area contributed by atoms with Crippen molar-refractivity contribution in [2.45, 2.75) is 51.9 Å². The third-order valence-electron chi connectivity index (χ3n) is 3.20. The van der Waals surface area contributed by atoms with E-state index in [1.165, 1.54) is 6.08 Å². The monoisotopic (exact) mass is 273 g/mol. The summed E-state index contributed by atoms with van der Waals surface area (Å²) in [5, 5.41) is 2.90. The zero-order valence-electron chi connectivity index (χ0n) is 12.5. The molecule has 18 heavy (non-hydrogen) atoms. The number of amides is 1. The maximum Gasteiger partial charge on any atom is 0.407 e. The summed E-state index contributed by atoms with van der Waals surface area (Å²) in [4.78, 5) is 11.3. The summed E-state index contributed by atoms with van der Waals surface area (Å²) in [5.41, 5.74) is 0. The van der Waals surface area contributed by atoms with E-state index in [9.17, 15) is 4.79 Å². The summed E-state index contributed by atoms with van der Waals surface area (Å²) in [6.07, 6.45) is 1.11. The Morgan fingerprint density at radius 3 is 2.44 bits per heavy atom. The van der Waals surface area contributed by atoms with E-state index in [0.29, 0.717) is 6.61 Å². The Kier molecular flexibility index (Phi) is 6.63. The van der Waals surface area contributed by atoms with Gasteiger partial charge in [0.25, 0.3) is 0 Å². The minimum Gasteiger partial charge on any atom is -0.445 e. The van der Waals surface area contributed by atoms with Crippen molar-refractivity contribution in [3.05, 3.63) is 12.7 Å². The maximum absolute atomic E-state index is 11.3. The lowest BCUT2D eigenvalue weighted by molar-refractivity contribution is 0.148. The number of alkyl carbamates (subject to hydrolysis) is 1. The third-order valence-corrected chi connectivity index (χ3v) is 7.70. The number of carbonyl (C=O) groups excluding carboxylic acids is 1. The second-order valence-electron chi connectivity index (χ2n) is 6.00. The molecule has 0 aliphatic carbocycles. The Balaban J connectivity index is 4.07. The van der Waals surface area contributed by atoms with Gasteiger partial charge < -0.3 is 14.5 Å². The van der Waals surface area contributed by atoms with Gasteiger partial charge in [-0.1, -0.05) is 33.4 Å². The molecule has 106 valence electrons. The molecule has 0 fully saturated rings. The van der Waals surface area contributed by atoms with Crippen LogP contribution in [0.2, 0.25) is 18.1 Å². The minimum absolute atomic E-state index is 0.0589. The second kappa shape index (κ2) is 6.94. The van der Waals surface area contributed by atoms with Crippen LogP contribution in [0.15, 0.2) is 12.7 Å². The Hall–Kier alpha value is -0.813. The SMILES string of the molecule is C=CCOC(=O)N[C@H](C)CO[Si](C)(C)C(C)(C)C. The lowest BCUT2D eigenvalue weighted by Gasteiger charge is -2.37. The molecule has 4 nitrogen and oxygen atoms in total. The molecule has 5 heteroatoms. The van der Waals surface area contributed by atoms with E-state index in [2.05, 4.69) is 45.8 Å². The Labute approximate surface area is 112 Å². The van der Waals surface area contributed by atoms with Crippen LogP contribution in [0.4, 0.5) is 4.79 Å². The Morgan fingerprint density at radius 2 is 2.00 bits per heavy atom. The molecule has 0 spiro atoms. The predicted octanol–water partition coefficient (Wildman–Crippen LogP) is 3.31. The highest BCUT2D eigenvalue weighted by Crippen LogP contribution is 2.36. The topological polar surface area (TPSA) is 47.6 Å². The number of rotatable bonds is 6. The summed E-state index contributed by atoms with van der Waals surface area (Å²) in [6.45, 7) is 17.1. The van der Waals surface area contributed by atoms with Crippen LogP contribution >= 0.6 is 0 Å². The fourth-order valence-electron chi connectivity index (χ4n) is 0.969.